The lowest BCUT2D eigenvalue weighted by molar-refractivity contribution is -0.385. The van der Waals surface area contributed by atoms with Crippen molar-refractivity contribution in [3.8, 4) is 22.8 Å². The maximum absolute atomic E-state index is 15.4. The molecule has 2 N–H and O–H groups in total. The number of halogens is 1. The van der Waals surface area contributed by atoms with Crippen LogP contribution in [0.5, 0.6) is 11.6 Å². The van der Waals surface area contributed by atoms with Crippen LogP contribution < -0.4 is 15.4 Å². The monoisotopic (exact) mass is 511 g/mol. The number of hydrogen-bond donors (Lipinski definition) is 1. The molecular formula is C27H22FN7O3. The number of aryl methyl sites for hydroxylation is 1. The SMILES string of the molecule is Cc1cccc(Oc2ccc(-c3c4n(c5ncnc(N)c35)CCN4c3cccc([N+](=O)[O-])c3C)cc2F)n1. The fourth-order valence-corrected chi connectivity index (χ4v) is 5.02. The largest absolute Gasteiger partial charge is 0.436 e. The lowest BCUT2D eigenvalue weighted by atomic mass is 10.0. The fraction of sp³-hybridized carbons (Fsp3) is 0.148. The fourth-order valence-electron chi connectivity index (χ4n) is 5.02. The van der Waals surface area contributed by atoms with E-state index in [1.807, 2.05) is 28.5 Å². The van der Waals surface area contributed by atoms with Gasteiger partial charge in [0.15, 0.2) is 11.6 Å². The van der Waals surface area contributed by atoms with Gasteiger partial charge in [0.2, 0.25) is 5.88 Å². The Bertz CT molecular complexity index is 1750. The Morgan fingerprint density at radius 3 is 2.66 bits per heavy atom. The van der Waals surface area contributed by atoms with Crippen molar-refractivity contribution in [1.29, 1.82) is 0 Å². The first kappa shape index (κ1) is 23.3. The van der Waals surface area contributed by atoms with Crippen molar-refractivity contribution in [3.05, 3.63) is 88.1 Å². The molecule has 0 atom stereocenters. The minimum atomic E-state index is -0.578. The molecule has 4 heterocycles. The predicted octanol–water partition coefficient (Wildman–Crippen LogP) is 5.68. The third kappa shape index (κ3) is 3.67. The summed E-state index contributed by atoms with van der Waals surface area (Å²) in [5, 5.41) is 12.2. The number of nitrogens with zero attached hydrogens (tertiary/aromatic N) is 6. The van der Waals surface area contributed by atoms with Gasteiger partial charge in [-0.15, -0.1) is 0 Å². The average Bonchev–Trinajstić information content (AvgIpc) is 3.45. The topological polar surface area (TPSA) is 125 Å². The van der Waals surface area contributed by atoms with E-state index < -0.39 is 10.7 Å². The lowest BCUT2D eigenvalue weighted by Crippen LogP contribution is -2.16. The predicted molar refractivity (Wildman–Crippen MR) is 141 cm³/mol. The Morgan fingerprint density at radius 2 is 1.89 bits per heavy atom. The van der Waals surface area contributed by atoms with E-state index in [0.29, 0.717) is 52.3 Å². The van der Waals surface area contributed by atoms with E-state index in [1.165, 1.54) is 18.5 Å². The number of fused-ring (bicyclic) bond motifs is 3. The number of nitro groups is 1. The van der Waals surface area contributed by atoms with Crippen LogP contribution in [-0.4, -0.2) is 31.0 Å². The molecule has 0 unspecified atom stereocenters. The number of nitro benzene ring substituents is 1. The molecular weight excluding hydrogens is 489 g/mol. The van der Waals surface area contributed by atoms with Gasteiger partial charge in [0.1, 0.15) is 23.6 Å². The summed E-state index contributed by atoms with van der Waals surface area (Å²) >= 11 is 0. The normalized spacial score (nSPS) is 12.7. The molecule has 1 aliphatic rings. The van der Waals surface area contributed by atoms with Gasteiger partial charge < -0.3 is 19.9 Å². The summed E-state index contributed by atoms with van der Waals surface area (Å²) in [6.45, 7) is 4.66. The lowest BCUT2D eigenvalue weighted by Gasteiger charge is -2.22. The third-order valence-electron chi connectivity index (χ3n) is 6.71. The van der Waals surface area contributed by atoms with E-state index in [9.17, 15) is 10.1 Å². The van der Waals surface area contributed by atoms with Crippen LogP contribution in [0.15, 0.2) is 60.9 Å². The molecule has 11 heteroatoms. The highest BCUT2D eigenvalue weighted by Crippen LogP contribution is 2.48. The first-order chi connectivity index (χ1) is 18.3. The first-order valence-corrected chi connectivity index (χ1v) is 11.9. The van der Waals surface area contributed by atoms with Crippen LogP contribution in [0, 0.1) is 29.8 Å². The van der Waals surface area contributed by atoms with Crippen LogP contribution in [-0.2, 0) is 6.54 Å². The molecule has 2 aromatic carbocycles. The van der Waals surface area contributed by atoms with Crippen molar-refractivity contribution in [3.63, 3.8) is 0 Å². The molecule has 0 bridgehead atoms. The van der Waals surface area contributed by atoms with Crippen molar-refractivity contribution in [2.45, 2.75) is 20.4 Å². The van der Waals surface area contributed by atoms with E-state index in [2.05, 4.69) is 15.0 Å². The summed E-state index contributed by atoms with van der Waals surface area (Å²) in [6.07, 6.45) is 1.39. The second kappa shape index (κ2) is 8.80. The van der Waals surface area contributed by atoms with E-state index in [1.54, 1.807) is 37.3 Å². The van der Waals surface area contributed by atoms with Crippen molar-refractivity contribution in [2.75, 3.05) is 17.2 Å². The number of nitrogens with two attached hydrogens (primary N) is 1. The summed E-state index contributed by atoms with van der Waals surface area (Å²) < 4.78 is 23.1. The van der Waals surface area contributed by atoms with Crippen LogP contribution in [0.1, 0.15) is 11.3 Å². The van der Waals surface area contributed by atoms with Crippen LogP contribution in [0.4, 0.5) is 27.4 Å². The molecule has 0 saturated carbocycles. The maximum Gasteiger partial charge on any atom is 0.274 e. The smallest absolute Gasteiger partial charge is 0.274 e. The van der Waals surface area contributed by atoms with E-state index in [0.717, 1.165) is 5.69 Å². The molecule has 0 amide bonds. The van der Waals surface area contributed by atoms with E-state index in [4.69, 9.17) is 10.5 Å². The maximum atomic E-state index is 15.4. The number of hydrogen-bond acceptors (Lipinski definition) is 8. The molecule has 1 aliphatic heterocycles. The molecule has 0 saturated heterocycles. The highest BCUT2D eigenvalue weighted by Gasteiger charge is 2.33. The third-order valence-corrected chi connectivity index (χ3v) is 6.71. The summed E-state index contributed by atoms with van der Waals surface area (Å²) in [7, 11) is 0. The minimum Gasteiger partial charge on any atom is -0.436 e. The van der Waals surface area contributed by atoms with Gasteiger partial charge in [0.05, 0.1) is 21.6 Å². The van der Waals surface area contributed by atoms with Crippen molar-refractivity contribution >= 4 is 34.0 Å². The number of ether oxygens (including phenoxy) is 1. The highest BCUT2D eigenvalue weighted by molar-refractivity contribution is 6.08. The van der Waals surface area contributed by atoms with Crippen molar-refractivity contribution in [2.24, 2.45) is 0 Å². The average molecular weight is 512 g/mol. The molecule has 6 rings (SSSR count). The minimum absolute atomic E-state index is 0.0234. The Hall–Kier alpha value is -5.06. The summed E-state index contributed by atoms with van der Waals surface area (Å²) in [4.78, 5) is 26.1. The number of pyridine rings is 1. The zero-order valence-corrected chi connectivity index (χ0v) is 20.6. The number of benzene rings is 2. The van der Waals surface area contributed by atoms with Gasteiger partial charge in [-0.3, -0.25) is 10.1 Å². The van der Waals surface area contributed by atoms with Crippen molar-refractivity contribution in [1.82, 2.24) is 19.5 Å². The van der Waals surface area contributed by atoms with Gasteiger partial charge in [-0.2, -0.15) is 0 Å². The quantitative estimate of drug-likeness (QED) is 0.236. The first-order valence-electron chi connectivity index (χ1n) is 11.9. The van der Waals surface area contributed by atoms with Gasteiger partial charge in [-0.25, -0.2) is 19.3 Å². The van der Waals surface area contributed by atoms with Crippen LogP contribution in [0.3, 0.4) is 0 Å². The van der Waals surface area contributed by atoms with Crippen LogP contribution in [0.2, 0.25) is 0 Å². The van der Waals surface area contributed by atoms with E-state index >= 15 is 4.39 Å². The van der Waals surface area contributed by atoms with Gasteiger partial charge in [-0.05, 0) is 43.7 Å². The number of anilines is 3. The van der Waals surface area contributed by atoms with Gasteiger partial charge in [0.25, 0.3) is 5.69 Å². The molecule has 190 valence electrons. The zero-order chi connectivity index (χ0) is 26.6. The molecule has 3 aromatic heterocycles. The van der Waals surface area contributed by atoms with Gasteiger partial charge >= 0.3 is 0 Å². The Balaban J connectivity index is 1.52. The number of nitrogen functional groups attached to an aromatic ring is 1. The number of aromatic nitrogens is 4. The van der Waals surface area contributed by atoms with Crippen molar-refractivity contribution < 1.29 is 14.1 Å². The zero-order valence-electron chi connectivity index (χ0n) is 20.6. The van der Waals surface area contributed by atoms with Crippen LogP contribution in [0.25, 0.3) is 22.2 Å². The van der Waals surface area contributed by atoms with Gasteiger partial charge in [-0.1, -0.05) is 18.2 Å². The highest BCUT2D eigenvalue weighted by atomic mass is 19.1. The van der Waals surface area contributed by atoms with Crippen LogP contribution >= 0.6 is 0 Å². The Kier molecular flexibility index (Phi) is 5.41. The summed E-state index contributed by atoms with van der Waals surface area (Å²) in [6, 6.07) is 14.9. The Morgan fingerprint density at radius 1 is 1.08 bits per heavy atom. The second-order valence-corrected chi connectivity index (χ2v) is 9.00. The standard InChI is InChI=1S/C27H22FN7O3/c1-15-5-3-8-22(32-15)38-21-10-9-17(13-18(21)28)23-24-25(29)30-14-31-26(24)34-12-11-33(27(23)34)19-6-4-7-20(16(19)2)35(36)37/h3-10,13-14H,11-12H2,1-2H3,(H2,29,30,31). The Labute approximate surface area is 216 Å². The molecule has 0 radical (unpaired) electrons. The molecule has 0 spiro atoms. The van der Waals surface area contributed by atoms with Gasteiger partial charge in [0, 0.05) is 36.5 Å². The van der Waals surface area contributed by atoms with E-state index in [-0.39, 0.29) is 23.1 Å². The molecule has 5 aromatic rings. The summed E-state index contributed by atoms with van der Waals surface area (Å²) in [5.74, 6) is 0.710. The summed E-state index contributed by atoms with van der Waals surface area (Å²) in [5.41, 5.74) is 10.1. The second-order valence-electron chi connectivity index (χ2n) is 9.00. The molecule has 38 heavy (non-hydrogen) atoms. The molecule has 0 aliphatic carbocycles. The number of rotatable bonds is 5. The molecule has 0 fully saturated rings. The molecule has 10 nitrogen and oxygen atoms in total.